The molecule has 0 saturated heterocycles. The minimum atomic E-state index is -0.913. The van der Waals surface area contributed by atoms with Gasteiger partial charge in [0, 0.05) is 48.7 Å². The van der Waals surface area contributed by atoms with E-state index in [1.165, 1.54) is 231 Å². The van der Waals surface area contributed by atoms with Crippen molar-refractivity contribution >= 4 is 35.8 Å². The number of hydrogen-bond donors (Lipinski definition) is 0. The molecular weight excluding hydrogens is 1260 g/mol. The molecule has 2 radical (unpaired) electrons. The van der Waals surface area contributed by atoms with Crippen molar-refractivity contribution in [3.63, 3.8) is 0 Å². The summed E-state index contributed by atoms with van der Waals surface area (Å²) in [7, 11) is 0. The molecule has 0 amide bonds. The van der Waals surface area contributed by atoms with E-state index in [0.717, 1.165) is 77.0 Å². The molecule has 0 N–H and O–H groups in total. The van der Waals surface area contributed by atoms with Gasteiger partial charge in [0.1, 0.15) is 0 Å². The minimum absolute atomic E-state index is 0. The van der Waals surface area contributed by atoms with Crippen LogP contribution < -0.4 is 20.4 Å². The number of nitrogens with zero attached hydrogens (tertiary/aromatic N) is 2. The average Bonchev–Trinajstić information content (AvgIpc) is 3.72. The fourth-order valence-corrected chi connectivity index (χ4v) is 9.55. The van der Waals surface area contributed by atoms with Crippen molar-refractivity contribution < 1.29 is 92.8 Å². The Labute approximate surface area is 584 Å². The third-order valence-electron chi connectivity index (χ3n) is 15.2. The van der Waals surface area contributed by atoms with Gasteiger partial charge in [0.15, 0.2) is 0 Å². The summed E-state index contributed by atoms with van der Waals surface area (Å²) < 4.78 is 10.4. The van der Waals surface area contributed by atoms with E-state index in [2.05, 4.69) is 51.5 Å². The van der Waals surface area contributed by atoms with Gasteiger partial charge in [0.2, 0.25) is 0 Å². The van der Waals surface area contributed by atoms with E-state index in [1.807, 2.05) is 0 Å². The number of carbonyl (C=O) groups excluding carboxylic acids is 6. The summed E-state index contributed by atoms with van der Waals surface area (Å²) in [5.41, 5.74) is 1.06. The van der Waals surface area contributed by atoms with E-state index in [4.69, 9.17) is 9.47 Å². The molecule has 2 aromatic rings. The summed E-state index contributed by atoms with van der Waals surface area (Å²) in [6, 6.07) is 6.95. The normalized spacial score (nSPS) is 10.1. The smallest absolute Gasteiger partial charge is 0.550 e. The third kappa shape index (κ3) is 92.6. The van der Waals surface area contributed by atoms with Gasteiger partial charge in [-0.1, -0.05) is 311 Å². The number of ether oxygens (including phenoxy) is 2. The van der Waals surface area contributed by atoms with Crippen LogP contribution in [0.2, 0.25) is 0 Å². The molecule has 92 heavy (non-hydrogen) atoms. The molecule has 0 fully saturated rings. The number of esters is 2. The second-order valence-corrected chi connectivity index (χ2v) is 24.1. The topological polar surface area (TPSA) is 239 Å². The summed E-state index contributed by atoms with van der Waals surface area (Å²) in [4.78, 5) is 71.2. The maximum absolute atomic E-state index is 11.6. The van der Waals surface area contributed by atoms with Crippen molar-refractivity contribution in [2.75, 3.05) is 13.2 Å². The fourth-order valence-electron chi connectivity index (χ4n) is 9.55. The van der Waals surface area contributed by atoms with Crippen molar-refractivity contribution in [3.05, 3.63) is 60.2 Å². The van der Waals surface area contributed by atoms with E-state index >= 15 is 0 Å². The van der Waals surface area contributed by atoms with Gasteiger partial charge in [0.05, 0.1) is 24.3 Å². The first-order valence-electron chi connectivity index (χ1n) is 36.7. The Morgan fingerprint density at radius 2 is 0.457 bits per heavy atom. The van der Waals surface area contributed by atoms with E-state index < -0.39 is 23.9 Å². The summed E-state index contributed by atoms with van der Waals surface area (Å²) >= 11 is 0. The molecule has 542 valence electrons. The van der Waals surface area contributed by atoms with Crippen LogP contribution in [0, 0.1) is 0 Å². The van der Waals surface area contributed by atoms with Crippen LogP contribution >= 0.6 is 0 Å². The average molecular weight is 1400 g/mol. The van der Waals surface area contributed by atoms with Crippen LogP contribution in [0.4, 0.5) is 0 Å². The van der Waals surface area contributed by atoms with Crippen LogP contribution in [0.5, 0.6) is 0 Å². The van der Waals surface area contributed by atoms with Gasteiger partial charge in [-0.3, -0.25) is 9.97 Å². The quantitative estimate of drug-likeness (QED) is 0.0340. The Kier molecular flexibility index (Phi) is 94.0. The van der Waals surface area contributed by atoms with Crippen LogP contribution in [0.25, 0.3) is 0 Å². The number of aliphatic carboxylic acids is 4. The third-order valence-corrected chi connectivity index (χ3v) is 15.2. The van der Waals surface area contributed by atoms with Gasteiger partial charge in [-0.2, -0.15) is 0 Å². The first kappa shape index (κ1) is 99.2. The van der Waals surface area contributed by atoms with Crippen molar-refractivity contribution in [2.45, 2.75) is 375 Å². The predicted molar refractivity (Wildman–Crippen MR) is 363 cm³/mol. The van der Waals surface area contributed by atoms with Crippen LogP contribution in [-0.2, 0) is 62.8 Å². The molecule has 0 unspecified atom stereocenters. The Morgan fingerprint density at radius 1 is 0.283 bits per heavy atom. The number of rotatable bonds is 56. The van der Waals surface area contributed by atoms with E-state index in [-0.39, 0.29) is 71.8 Å². The van der Waals surface area contributed by atoms with Crippen molar-refractivity contribution in [1.29, 1.82) is 0 Å². The second-order valence-electron chi connectivity index (χ2n) is 24.1. The molecule has 2 aromatic heterocycles. The first-order chi connectivity index (χ1) is 43.8. The number of aromatic nitrogens is 2. The molecule has 0 aliphatic heterocycles. The zero-order chi connectivity index (χ0) is 67.3. The number of unbranched alkanes of at least 4 members (excludes halogenated alkanes) is 42. The first-order valence-corrected chi connectivity index (χ1v) is 36.7. The summed E-state index contributed by atoms with van der Waals surface area (Å²) in [5.74, 6) is -4.18. The maximum Gasteiger partial charge on any atom is 2.00 e. The van der Waals surface area contributed by atoms with Gasteiger partial charge in [0.25, 0.3) is 0 Å². The zero-order valence-corrected chi connectivity index (χ0v) is 61.1. The molecule has 0 saturated carbocycles. The van der Waals surface area contributed by atoms with Crippen LogP contribution in [-0.4, -0.2) is 59.0 Å². The summed E-state index contributed by atoms with van der Waals surface area (Å²) in [6.45, 7) is 14.3. The van der Waals surface area contributed by atoms with Gasteiger partial charge >= 0.3 is 46.1 Å². The fraction of sp³-hybridized carbons (Fsp3) is 0.789. The Balaban J connectivity index is -0.000000245. The molecule has 0 aliphatic carbocycles. The number of hydrogen-bond acceptors (Lipinski definition) is 14. The van der Waals surface area contributed by atoms with Crippen LogP contribution in [0.3, 0.4) is 0 Å². The monoisotopic (exact) mass is 1390 g/mol. The van der Waals surface area contributed by atoms with E-state index in [0.29, 0.717) is 24.3 Å². The number of pyridine rings is 2. The van der Waals surface area contributed by atoms with Crippen molar-refractivity contribution in [2.24, 2.45) is 0 Å². The Morgan fingerprint density at radius 3 is 0.620 bits per heavy atom. The van der Waals surface area contributed by atoms with E-state index in [9.17, 15) is 49.2 Å². The van der Waals surface area contributed by atoms with E-state index in [1.54, 1.807) is 49.1 Å². The van der Waals surface area contributed by atoms with Gasteiger partial charge in [-0.05, 0) is 88.5 Å². The molecule has 2 heterocycles. The maximum atomic E-state index is 11.6. The molecule has 16 heteroatoms. The molecule has 14 nitrogen and oxygen atoms in total. The van der Waals surface area contributed by atoms with Crippen LogP contribution in [0.15, 0.2) is 49.1 Å². The molecule has 0 aliphatic rings. The minimum Gasteiger partial charge on any atom is -0.550 e. The van der Waals surface area contributed by atoms with Gasteiger partial charge in [-0.25, -0.2) is 9.59 Å². The molecular formula is C76H134Cu2N2O12. The Bertz CT molecular complexity index is 1630. The largest absolute Gasteiger partial charge is 2.00 e. The molecule has 2 rings (SSSR count). The standard InChI is InChI=1S/2C18H29NO2.4C10H20O2.2Cu/c2*1-2-3-4-5-6-7-8-9-10-11-15-21-18(20)17-13-12-14-19-16-17;4*1-2-3-4-5-6-7-8-9-10(11)12;;/h2*12-14,16H,2-11,15H2,1H3;4*2-9H2,1H3,(H,11,12);;/q;;;;;;2*+2/p-4. The SMILES string of the molecule is CCCCCCCCCC(=O)[O-].CCCCCCCCCC(=O)[O-].CCCCCCCCCC(=O)[O-].CCCCCCCCCC(=O)[O-].CCCCCCCCCCCCOC(=O)c1cccnc1.CCCCCCCCCCCCOC(=O)c1cccnc1.[Cu+2].[Cu+2]. The zero-order valence-electron chi connectivity index (χ0n) is 59.2. The number of carboxylic acids is 4. The van der Waals surface area contributed by atoms with Crippen LogP contribution in [0.1, 0.15) is 396 Å². The van der Waals surface area contributed by atoms with Gasteiger partial charge in [-0.15, -0.1) is 0 Å². The molecule has 0 aromatic carbocycles. The molecule has 0 atom stereocenters. The number of carboxylic acid groups (broad SMARTS) is 4. The number of carbonyl (C=O) groups is 6. The predicted octanol–water partition coefficient (Wildman–Crippen LogP) is 17.8. The molecule has 0 spiro atoms. The second kappa shape index (κ2) is 87.2. The van der Waals surface area contributed by atoms with Crippen molar-refractivity contribution in [3.8, 4) is 0 Å². The van der Waals surface area contributed by atoms with Gasteiger partial charge < -0.3 is 49.1 Å². The molecule has 0 bridgehead atoms. The Hall–Kier alpha value is -3.84. The summed E-state index contributed by atoms with van der Waals surface area (Å²) in [5, 5.41) is 40.1. The van der Waals surface area contributed by atoms with Crippen molar-refractivity contribution in [1.82, 2.24) is 9.97 Å². The summed E-state index contributed by atoms with van der Waals surface area (Å²) in [6.07, 6.45) is 65.5.